The molecule has 0 aromatic heterocycles. The fraction of sp³-hybridized carbons (Fsp3) is 0.571. The summed E-state index contributed by atoms with van der Waals surface area (Å²) >= 11 is 4.46. The van der Waals surface area contributed by atoms with Gasteiger partial charge in [-0.2, -0.15) is 0 Å². The molecule has 0 aliphatic carbocycles. The van der Waals surface area contributed by atoms with Crippen molar-refractivity contribution in [2.45, 2.75) is 26.2 Å². The van der Waals surface area contributed by atoms with Gasteiger partial charge < -0.3 is 5.32 Å². The van der Waals surface area contributed by atoms with Gasteiger partial charge in [-0.15, -0.1) is 0 Å². The zero-order valence-corrected chi connectivity index (χ0v) is 12.0. The summed E-state index contributed by atoms with van der Waals surface area (Å²) in [5.41, 5.74) is 3.02. The molecule has 2 rings (SSSR count). The third-order valence-corrected chi connectivity index (χ3v) is 4.10. The Morgan fingerprint density at radius 3 is 2.59 bits per heavy atom. The second-order valence-electron chi connectivity index (χ2n) is 6.05. The number of benzene rings is 1. The molecule has 1 aliphatic heterocycles. The Morgan fingerprint density at radius 2 is 2.00 bits per heavy atom. The van der Waals surface area contributed by atoms with Crippen LogP contribution in [0.4, 0.5) is 5.69 Å². The Labute approximate surface area is 110 Å². The van der Waals surface area contributed by atoms with E-state index < -0.39 is 0 Å². The maximum Gasteiger partial charge on any atom is 0.0380 e. The Balaban J connectivity index is 2.51. The molecule has 0 fully saturated rings. The van der Waals surface area contributed by atoms with E-state index in [4.69, 9.17) is 0 Å². The van der Waals surface area contributed by atoms with E-state index >= 15 is 0 Å². The molecule has 0 saturated carbocycles. The maximum absolute atomic E-state index is 4.46. The van der Waals surface area contributed by atoms with Gasteiger partial charge in [0.15, 0.2) is 0 Å². The van der Waals surface area contributed by atoms with Crippen molar-refractivity contribution in [3.63, 3.8) is 0 Å². The maximum atomic E-state index is 4.46. The van der Waals surface area contributed by atoms with Crippen molar-refractivity contribution in [2.24, 2.45) is 5.41 Å². The number of nitrogens with zero attached hydrogens (tertiary/aromatic N) is 1. The van der Waals surface area contributed by atoms with Crippen LogP contribution in [-0.2, 0) is 5.41 Å². The third kappa shape index (κ3) is 2.06. The minimum absolute atomic E-state index is 0.125. The smallest absolute Gasteiger partial charge is 0.0380 e. The van der Waals surface area contributed by atoms with E-state index in [1.807, 2.05) is 11.4 Å². The van der Waals surface area contributed by atoms with E-state index in [1.165, 1.54) is 11.3 Å². The number of likely N-dealkylation sites (N-methyl/N-ethyl adjacent to an activating group) is 1. The second kappa shape index (κ2) is 4.21. The molecule has 1 atom stereocenters. The van der Waals surface area contributed by atoms with Crippen LogP contribution in [0.1, 0.15) is 26.3 Å². The topological polar surface area (TPSA) is 15.3 Å². The van der Waals surface area contributed by atoms with Gasteiger partial charge in [0.25, 0.3) is 0 Å². The van der Waals surface area contributed by atoms with Gasteiger partial charge in [0.05, 0.1) is 0 Å². The van der Waals surface area contributed by atoms with E-state index in [1.54, 1.807) is 0 Å². The lowest BCUT2D eigenvalue weighted by Crippen LogP contribution is -2.48. The number of hydrogen-bond donors (Lipinski definition) is 2. The van der Waals surface area contributed by atoms with Crippen LogP contribution < -0.4 is 5.32 Å². The van der Waals surface area contributed by atoms with Gasteiger partial charge in [-0.3, -0.25) is 4.31 Å². The van der Waals surface area contributed by atoms with Crippen LogP contribution >= 0.6 is 12.8 Å². The van der Waals surface area contributed by atoms with Gasteiger partial charge in [0, 0.05) is 24.2 Å². The summed E-state index contributed by atoms with van der Waals surface area (Å²) in [6.07, 6.45) is 0. The molecule has 17 heavy (non-hydrogen) atoms. The van der Waals surface area contributed by atoms with Crippen molar-refractivity contribution in [3.8, 4) is 0 Å². The molecule has 1 N–H and O–H groups in total. The Hall–Kier alpha value is -0.670. The summed E-state index contributed by atoms with van der Waals surface area (Å²) in [6, 6.07) is 8.64. The van der Waals surface area contributed by atoms with Crippen molar-refractivity contribution in [2.75, 3.05) is 25.5 Å². The fourth-order valence-corrected chi connectivity index (χ4v) is 3.08. The summed E-state index contributed by atoms with van der Waals surface area (Å²) in [6.45, 7) is 8.88. The van der Waals surface area contributed by atoms with E-state index in [2.05, 4.69) is 63.2 Å². The molecule has 0 spiro atoms. The molecule has 0 bridgehead atoms. The molecule has 1 aromatic rings. The number of anilines is 1. The molecular formula is C14H22N2S. The summed E-state index contributed by atoms with van der Waals surface area (Å²) in [5.74, 6) is 0. The lowest BCUT2D eigenvalue weighted by Gasteiger charge is -2.43. The minimum atomic E-state index is 0.125. The van der Waals surface area contributed by atoms with E-state index in [9.17, 15) is 0 Å². The Bertz CT molecular complexity index is 409. The first-order chi connectivity index (χ1) is 7.87. The highest BCUT2D eigenvalue weighted by Crippen LogP contribution is 2.48. The minimum Gasteiger partial charge on any atom is -0.384 e. The molecule has 1 heterocycles. The van der Waals surface area contributed by atoms with Crippen LogP contribution in [0.15, 0.2) is 24.3 Å². The number of rotatable bonds is 2. The average Bonchev–Trinajstić information content (AvgIpc) is 2.57. The summed E-state index contributed by atoms with van der Waals surface area (Å²) in [7, 11) is 2.03. The van der Waals surface area contributed by atoms with Crippen molar-refractivity contribution >= 4 is 18.5 Å². The van der Waals surface area contributed by atoms with Gasteiger partial charge in [0.1, 0.15) is 0 Å². The zero-order chi connectivity index (χ0) is 12.7. The fourth-order valence-electron chi connectivity index (χ4n) is 2.83. The Kier molecular flexibility index (Phi) is 3.17. The van der Waals surface area contributed by atoms with Crippen molar-refractivity contribution in [3.05, 3.63) is 29.8 Å². The number of para-hydroxylation sites is 1. The van der Waals surface area contributed by atoms with Crippen LogP contribution in [0.2, 0.25) is 0 Å². The molecule has 94 valence electrons. The van der Waals surface area contributed by atoms with Crippen molar-refractivity contribution in [1.29, 1.82) is 0 Å². The van der Waals surface area contributed by atoms with Gasteiger partial charge in [-0.05, 0) is 24.1 Å². The molecule has 1 unspecified atom stereocenters. The first-order valence-electron chi connectivity index (χ1n) is 6.10. The molecule has 0 radical (unpaired) electrons. The highest BCUT2D eigenvalue weighted by molar-refractivity contribution is 7.77. The summed E-state index contributed by atoms with van der Waals surface area (Å²) in [4.78, 5) is 0. The van der Waals surface area contributed by atoms with E-state index in [-0.39, 0.29) is 10.8 Å². The largest absolute Gasteiger partial charge is 0.384 e. The number of nitrogens with one attached hydrogen (secondary N) is 1. The van der Waals surface area contributed by atoms with Crippen LogP contribution in [-0.4, -0.2) is 24.4 Å². The summed E-state index contributed by atoms with van der Waals surface area (Å²) < 4.78 is 2.00. The molecule has 3 heteroatoms. The van der Waals surface area contributed by atoms with Gasteiger partial charge >= 0.3 is 0 Å². The highest BCUT2D eigenvalue weighted by Gasteiger charge is 2.48. The molecular weight excluding hydrogens is 228 g/mol. The van der Waals surface area contributed by atoms with E-state index in [0.717, 1.165) is 13.1 Å². The van der Waals surface area contributed by atoms with Crippen LogP contribution in [0, 0.1) is 5.41 Å². The normalized spacial score (nSPS) is 23.6. The van der Waals surface area contributed by atoms with E-state index in [0.29, 0.717) is 0 Å². The highest BCUT2D eigenvalue weighted by atomic mass is 32.1. The van der Waals surface area contributed by atoms with Crippen LogP contribution in [0.25, 0.3) is 0 Å². The molecule has 0 amide bonds. The van der Waals surface area contributed by atoms with Gasteiger partial charge in [-0.1, -0.05) is 51.8 Å². The quantitative estimate of drug-likeness (QED) is 0.784. The SMILES string of the molecule is CN(S)CC1(C(C)(C)C)CNc2ccccc21. The van der Waals surface area contributed by atoms with Crippen molar-refractivity contribution in [1.82, 2.24) is 4.31 Å². The molecule has 1 aliphatic rings. The summed E-state index contributed by atoms with van der Waals surface area (Å²) in [5, 5.41) is 3.54. The Morgan fingerprint density at radius 1 is 1.35 bits per heavy atom. The number of hydrogen-bond acceptors (Lipinski definition) is 3. The zero-order valence-electron chi connectivity index (χ0n) is 11.1. The third-order valence-electron chi connectivity index (χ3n) is 3.96. The second-order valence-corrected chi connectivity index (χ2v) is 6.73. The first-order valence-corrected chi connectivity index (χ1v) is 6.50. The number of fused-ring (bicyclic) bond motifs is 1. The lowest BCUT2D eigenvalue weighted by atomic mass is 9.63. The average molecular weight is 250 g/mol. The molecule has 2 nitrogen and oxygen atoms in total. The van der Waals surface area contributed by atoms with Crippen LogP contribution in [0.3, 0.4) is 0 Å². The van der Waals surface area contributed by atoms with Crippen LogP contribution in [0.5, 0.6) is 0 Å². The molecule has 1 aromatic carbocycles. The monoisotopic (exact) mass is 250 g/mol. The predicted molar refractivity (Wildman–Crippen MR) is 77.7 cm³/mol. The van der Waals surface area contributed by atoms with Crippen molar-refractivity contribution < 1.29 is 0 Å². The number of thiol groups is 1. The lowest BCUT2D eigenvalue weighted by molar-refractivity contribution is 0.178. The van der Waals surface area contributed by atoms with Gasteiger partial charge in [0.2, 0.25) is 0 Å². The standard InChI is InChI=1S/C14H22N2S/c1-13(2,3)14(10-16(4)17)9-15-12-8-6-5-7-11(12)14/h5-8,15,17H,9-10H2,1-4H3. The van der Waals surface area contributed by atoms with Gasteiger partial charge in [-0.25, -0.2) is 0 Å². The predicted octanol–water partition coefficient (Wildman–Crippen LogP) is 3.17. The molecule has 0 saturated heterocycles. The first kappa shape index (κ1) is 12.8.